The van der Waals surface area contributed by atoms with Gasteiger partial charge in [0, 0.05) is 11.1 Å². The van der Waals surface area contributed by atoms with Gasteiger partial charge in [-0.2, -0.15) is 0 Å². The van der Waals surface area contributed by atoms with Gasteiger partial charge in [0.15, 0.2) is 23.3 Å². The number of fused-ring (bicyclic) bond motifs is 3. The van der Waals surface area contributed by atoms with Crippen molar-refractivity contribution in [2.75, 3.05) is 6.61 Å². The van der Waals surface area contributed by atoms with Crippen LogP contribution < -0.4 is 0 Å². The highest BCUT2D eigenvalue weighted by Gasteiger charge is 2.34. The molecule has 3 aliphatic rings. The smallest absolute Gasteiger partial charge is 0.167 e. The summed E-state index contributed by atoms with van der Waals surface area (Å²) in [4.78, 5) is 0. The van der Waals surface area contributed by atoms with E-state index in [1.165, 1.54) is 32.1 Å². The third kappa shape index (κ3) is 5.99. The second kappa shape index (κ2) is 12.6. The van der Waals surface area contributed by atoms with Gasteiger partial charge in [-0.15, -0.1) is 0 Å². The maximum absolute atomic E-state index is 15.4. The number of allylic oxidation sites excluding steroid dienone is 1. The number of benzene rings is 2. The zero-order valence-corrected chi connectivity index (χ0v) is 23.4. The molecule has 1 saturated heterocycles. The predicted molar refractivity (Wildman–Crippen MR) is 149 cm³/mol. The third-order valence-corrected chi connectivity index (χ3v) is 9.26. The highest BCUT2D eigenvalue weighted by atomic mass is 19.2. The molecule has 5 rings (SSSR count). The van der Waals surface area contributed by atoms with Crippen LogP contribution in [0.4, 0.5) is 17.6 Å². The minimum atomic E-state index is -1.05. The molecule has 0 amide bonds. The van der Waals surface area contributed by atoms with Crippen LogP contribution in [0.25, 0.3) is 11.1 Å². The van der Waals surface area contributed by atoms with Crippen LogP contribution in [-0.2, 0) is 17.6 Å². The van der Waals surface area contributed by atoms with E-state index in [9.17, 15) is 8.78 Å². The maximum atomic E-state index is 15.4. The molecule has 0 radical (unpaired) electrons. The Kier molecular flexibility index (Phi) is 9.16. The molecule has 1 heterocycles. The van der Waals surface area contributed by atoms with E-state index in [0.717, 1.165) is 38.7 Å². The Bertz CT molecular complexity index is 1190. The Balaban J connectivity index is 1.21. The van der Waals surface area contributed by atoms with Crippen LogP contribution >= 0.6 is 0 Å². The molecular formula is C34H42F4O. The van der Waals surface area contributed by atoms with Crippen molar-refractivity contribution < 1.29 is 22.3 Å². The zero-order valence-electron chi connectivity index (χ0n) is 23.4. The van der Waals surface area contributed by atoms with E-state index in [4.69, 9.17) is 4.74 Å². The number of halogens is 4. The molecule has 2 unspecified atom stereocenters. The molecule has 212 valence electrons. The maximum Gasteiger partial charge on any atom is 0.167 e. The van der Waals surface area contributed by atoms with E-state index >= 15 is 8.78 Å². The normalized spacial score (nSPS) is 24.8. The Morgan fingerprint density at radius 1 is 0.769 bits per heavy atom. The van der Waals surface area contributed by atoms with Gasteiger partial charge in [-0.05, 0) is 97.8 Å². The first-order valence-electron chi connectivity index (χ1n) is 15.2. The molecule has 0 N–H and O–H groups in total. The average molecular weight is 543 g/mol. The van der Waals surface area contributed by atoms with E-state index in [1.807, 2.05) is 6.92 Å². The first-order valence-corrected chi connectivity index (χ1v) is 15.2. The number of rotatable bonds is 9. The fourth-order valence-electron chi connectivity index (χ4n) is 7.00. The van der Waals surface area contributed by atoms with E-state index in [1.54, 1.807) is 12.1 Å². The molecule has 5 heteroatoms. The molecule has 1 nitrogen and oxygen atoms in total. The monoisotopic (exact) mass is 542 g/mol. The summed E-state index contributed by atoms with van der Waals surface area (Å²) in [7, 11) is 0. The van der Waals surface area contributed by atoms with Crippen LogP contribution in [-0.4, -0.2) is 12.7 Å². The molecule has 2 aromatic rings. The summed E-state index contributed by atoms with van der Waals surface area (Å²) < 4.78 is 66.5. The minimum absolute atomic E-state index is 0.0646. The van der Waals surface area contributed by atoms with Gasteiger partial charge in [0.05, 0.1) is 12.7 Å². The highest BCUT2D eigenvalue weighted by molar-refractivity contribution is 5.79. The fourth-order valence-corrected chi connectivity index (χ4v) is 7.00. The summed E-state index contributed by atoms with van der Waals surface area (Å²) in [5.74, 6) is -2.88. The lowest BCUT2D eigenvalue weighted by molar-refractivity contribution is 0.00756. The van der Waals surface area contributed by atoms with Crippen molar-refractivity contribution in [2.24, 2.45) is 11.8 Å². The molecule has 2 aromatic carbocycles. The number of hydrogen-bond acceptors (Lipinski definition) is 1. The molecule has 2 fully saturated rings. The van der Waals surface area contributed by atoms with Crippen molar-refractivity contribution in [1.29, 1.82) is 0 Å². The highest BCUT2D eigenvalue weighted by Crippen LogP contribution is 2.46. The molecule has 2 aliphatic carbocycles. The molecule has 2 atom stereocenters. The molecule has 0 aromatic heterocycles. The summed E-state index contributed by atoms with van der Waals surface area (Å²) in [5, 5.41) is 0. The molecule has 0 bridgehead atoms. The Hall–Kier alpha value is -2.14. The standard InChI is InChI=1S/C34H42F4O/c1-3-5-6-8-22-12-16-27(39-20-22)15-11-21-9-13-23(14-10-21)28-19-26-18-25-17-24(7-4-2)31(35)33(37)29(25)30(26)34(38)32(28)36/h11,15,17,19,21-23,27H,3-10,12-14,16,18,20H2,1-2H3/b15-11+. The van der Waals surface area contributed by atoms with E-state index in [2.05, 4.69) is 19.1 Å². The molecule has 1 saturated carbocycles. The van der Waals surface area contributed by atoms with Gasteiger partial charge in [-0.1, -0.05) is 63.8 Å². The number of hydrogen-bond donors (Lipinski definition) is 0. The summed E-state index contributed by atoms with van der Waals surface area (Å²) in [6.45, 7) is 4.99. The zero-order chi connectivity index (χ0) is 27.5. The first kappa shape index (κ1) is 28.4. The van der Waals surface area contributed by atoms with Crippen LogP contribution in [0.1, 0.15) is 113 Å². The SMILES string of the molecule is CCCCCC1CCC(/C=C/C2CCC(c3cc4c(c(F)c3F)-c3c(cc(CCC)c(F)c3F)C4)CC2)OC1. The van der Waals surface area contributed by atoms with Crippen molar-refractivity contribution in [3.05, 3.63) is 69.8 Å². The van der Waals surface area contributed by atoms with Crippen LogP contribution in [0, 0.1) is 35.1 Å². The minimum Gasteiger partial charge on any atom is -0.374 e. The van der Waals surface area contributed by atoms with Crippen molar-refractivity contribution >= 4 is 0 Å². The molecule has 1 aliphatic heterocycles. The van der Waals surface area contributed by atoms with Crippen molar-refractivity contribution in [1.82, 2.24) is 0 Å². The summed E-state index contributed by atoms with van der Waals surface area (Å²) >= 11 is 0. The van der Waals surface area contributed by atoms with E-state index in [-0.39, 0.29) is 23.1 Å². The Morgan fingerprint density at radius 2 is 1.49 bits per heavy atom. The van der Waals surface area contributed by atoms with Gasteiger partial charge in [-0.25, -0.2) is 17.6 Å². The summed E-state index contributed by atoms with van der Waals surface area (Å²) in [6, 6.07) is 3.35. The largest absolute Gasteiger partial charge is 0.374 e. The lowest BCUT2D eigenvalue weighted by Crippen LogP contribution is -2.24. The van der Waals surface area contributed by atoms with Gasteiger partial charge in [0.1, 0.15) is 0 Å². The van der Waals surface area contributed by atoms with Gasteiger partial charge in [0.25, 0.3) is 0 Å². The summed E-state index contributed by atoms with van der Waals surface area (Å²) in [5.41, 5.74) is 1.61. The first-order chi connectivity index (χ1) is 18.9. The number of ether oxygens (including phenoxy) is 1. The van der Waals surface area contributed by atoms with Crippen molar-refractivity contribution in [3.63, 3.8) is 0 Å². The lowest BCUT2D eigenvalue weighted by atomic mass is 9.77. The van der Waals surface area contributed by atoms with Crippen molar-refractivity contribution in [2.45, 2.75) is 109 Å². The van der Waals surface area contributed by atoms with Crippen LogP contribution in [0.15, 0.2) is 24.3 Å². The molecular weight excluding hydrogens is 500 g/mol. The third-order valence-electron chi connectivity index (χ3n) is 9.26. The predicted octanol–water partition coefficient (Wildman–Crippen LogP) is 9.97. The van der Waals surface area contributed by atoms with Gasteiger partial charge in [-0.3, -0.25) is 0 Å². The second-order valence-electron chi connectivity index (χ2n) is 12.1. The molecule has 39 heavy (non-hydrogen) atoms. The molecule has 0 spiro atoms. The lowest BCUT2D eigenvalue weighted by Gasteiger charge is -2.29. The topological polar surface area (TPSA) is 9.23 Å². The number of unbranched alkanes of at least 4 members (excludes halogenated alkanes) is 2. The Labute approximate surface area is 231 Å². The van der Waals surface area contributed by atoms with Gasteiger partial charge >= 0.3 is 0 Å². The van der Waals surface area contributed by atoms with E-state index in [0.29, 0.717) is 53.4 Å². The fraction of sp³-hybridized carbons (Fsp3) is 0.588. The second-order valence-corrected chi connectivity index (χ2v) is 12.1. The van der Waals surface area contributed by atoms with Crippen molar-refractivity contribution in [3.8, 4) is 11.1 Å². The van der Waals surface area contributed by atoms with E-state index < -0.39 is 23.3 Å². The quantitative estimate of drug-likeness (QED) is 0.148. The number of aryl methyl sites for hydroxylation is 1. The van der Waals surface area contributed by atoms with Gasteiger partial charge in [0.2, 0.25) is 0 Å². The summed E-state index contributed by atoms with van der Waals surface area (Å²) in [6.07, 6.45) is 16.9. The Morgan fingerprint density at radius 3 is 2.15 bits per heavy atom. The average Bonchev–Trinajstić information content (AvgIpc) is 3.32. The van der Waals surface area contributed by atoms with Crippen LogP contribution in [0.3, 0.4) is 0 Å². The van der Waals surface area contributed by atoms with Crippen LogP contribution in [0.2, 0.25) is 0 Å². The van der Waals surface area contributed by atoms with Crippen LogP contribution in [0.5, 0.6) is 0 Å². The van der Waals surface area contributed by atoms with Gasteiger partial charge < -0.3 is 4.74 Å².